The zero-order valence-corrected chi connectivity index (χ0v) is 7.90. The van der Waals surface area contributed by atoms with E-state index in [0.717, 1.165) is 12.0 Å². The van der Waals surface area contributed by atoms with E-state index in [2.05, 4.69) is 19.2 Å². The lowest BCUT2D eigenvalue weighted by Crippen LogP contribution is -2.38. The average Bonchev–Trinajstić information content (AvgIpc) is 2.07. The second-order valence-electron chi connectivity index (χ2n) is 3.75. The van der Waals surface area contributed by atoms with Crippen molar-refractivity contribution in [1.29, 1.82) is 0 Å². The molecule has 1 heterocycles. The number of hydrogen-bond donors (Lipinski definition) is 1. The Morgan fingerprint density at radius 1 is 1.27 bits per heavy atom. The summed E-state index contributed by atoms with van der Waals surface area (Å²) in [5, 5.41) is 3.62. The van der Waals surface area contributed by atoms with Crippen LogP contribution < -0.4 is 5.32 Å². The van der Waals surface area contributed by atoms with E-state index in [-0.39, 0.29) is 0 Å². The van der Waals surface area contributed by atoms with Crippen LogP contribution in [-0.4, -0.2) is 12.6 Å². The van der Waals surface area contributed by atoms with Crippen molar-refractivity contribution in [2.24, 2.45) is 5.92 Å². The monoisotopic (exact) mass is 155 g/mol. The van der Waals surface area contributed by atoms with Gasteiger partial charge in [-0.1, -0.05) is 26.7 Å². The molecule has 0 bridgehead atoms. The van der Waals surface area contributed by atoms with Crippen LogP contribution in [-0.2, 0) is 0 Å². The molecular weight excluding hydrogens is 134 g/mol. The first-order chi connectivity index (χ1) is 5.36. The van der Waals surface area contributed by atoms with Crippen LogP contribution >= 0.6 is 0 Å². The summed E-state index contributed by atoms with van der Waals surface area (Å²) in [6.45, 7) is 5.83. The maximum atomic E-state index is 3.62. The molecule has 1 rings (SSSR count). The van der Waals surface area contributed by atoms with Crippen LogP contribution in [0.4, 0.5) is 0 Å². The minimum atomic E-state index is 0.836. The molecule has 1 aliphatic heterocycles. The number of nitrogens with one attached hydrogen (secondary N) is 1. The molecule has 1 N–H and O–H groups in total. The van der Waals surface area contributed by atoms with Gasteiger partial charge in [0.1, 0.15) is 0 Å². The van der Waals surface area contributed by atoms with Gasteiger partial charge in [0.2, 0.25) is 0 Å². The maximum Gasteiger partial charge on any atom is 0.00671 e. The standard InChI is InChI=1S/C10H21N/c1-3-5-10-7-6-9(4-2)8-11-10/h9-11H,3-8H2,1-2H3. The zero-order valence-electron chi connectivity index (χ0n) is 7.90. The number of hydrogen-bond acceptors (Lipinski definition) is 1. The third-order valence-corrected chi connectivity index (χ3v) is 2.83. The molecule has 1 heteroatoms. The van der Waals surface area contributed by atoms with Crippen molar-refractivity contribution >= 4 is 0 Å². The van der Waals surface area contributed by atoms with Gasteiger partial charge in [0, 0.05) is 6.04 Å². The lowest BCUT2D eigenvalue weighted by atomic mass is 9.91. The van der Waals surface area contributed by atoms with E-state index in [1.54, 1.807) is 0 Å². The molecule has 0 radical (unpaired) electrons. The Balaban J connectivity index is 2.14. The van der Waals surface area contributed by atoms with Crippen molar-refractivity contribution in [2.45, 2.75) is 52.0 Å². The summed E-state index contributed by atoms with van der Waals surface area (Å²) in [5.41, 5.74) is 0. The average molecular weight is 155 g/mol. The molecule has 0 aromatic rings. The van der Waals surface area contributed by atoms with Crippen molar-refractivity contribution in [3.63, 3.8) is 0 Å². The minimum Gasteiger partial charge on any atom is -0.314 e. The summed E-state index contributed by atoms with van der Waals surface area (Å²) in [6.07, 6.45) is 6.91. The molecule has 1 fully saturated rings. The fourth-order valence-corrected chi connectivity index (χ4v) is 1.92. The van der Waals surface area contributed by atoms with E-state index < -0.39 is 0 Å². The van der Waals surface area contributed by atoms with E-state index in [1.165, 1.54) is 38.6 Å². The highest BCUT2D eigenvalue weighted by Crippen LogP contribution is 2.19. The second-order valence-corrected chi connectivity index (χ2v) is 3.75. The van der Waals surface area contributed by atoms with Gasteiger partial charge in [0.05, 0.1) is 0 Å². The lowest BCUT2D eigenvalue weighted by molar-refractivity contribution is 0.293. The number of piperidine rings is 1. The fraction of sp³-hybridized carbons (Fsp3) is 1.00. The quantitative estimate of drug-likeness (QED) is 0.660. The van der Waals surface area contributed by atoms with E-state index in [9.17, 15) is 0 Å². The van der Waals surface area contributed by atoms with E-state index in [0.29, 0.717) is 0 Å². The summed E-state index contributed by atoms with van der Waals surface area (Å²) >= 11 is 0. The van der Waals surface area contributed by atoms with Crippen LogP contribution in [0.2, 0.25) is 0 Å². The molecule has 66 valence electrons. The first kappa shape index (κ1) is 9.05. The Morgan fingerprint density at radius 3 is 2.55 bits per heavy atom. The van der Waals surface area contributed by atoms with Crippen molar-refractivity contribution in [1.82, 2.24) is 5.32 Å². The van der Waals surface area contributed by atoms with E-state index in [4.69, 9.17) is 0 Å². The molecule has 1 saturated heterocycles. The van der Waals surface area contributed by atoms with Gasteiger partial charge >= 0.3 is 0 Å². The fourth-order valence-electron chi connectivity index (χ4n) is 1.92. The van der Waals surface area contributed by atoms with Gasteiger partial charge in [-0.2, -0.15) is 0 Å². The Bertz CT molecular complexity index is 93.0. The Hall–Kier alpha value is -0.0400. The largest absolute Gasteiger partial charge is 0.314 e. The summed E-state index contributed by atoms with van der Waals surface area (Å²) in [4.78, 5) is 0. The predicted octanol–water partition coefficient (Wildman–Crippen LogP) is 2.56. The van der Waals surface area contributed by atoms with E-state index >= 15 is 0 Å². The molecule has 0 aromatic heterocycles. The van der Waals surface area contributed by atoms with Crippen LogP contribution in [0.25, 0.3) is 0 Å². The number of rotatable bonds is 3. The van der Waals surface area contributed by atoms with Gasteiger partial charge in [-0.15, -0.1) is 0 Å². The summed E-state index contributed by atoms with van der Waals surface area (Å²) in [5.74, 6) is 0.961. The summed E-state index contributed by atoms with van der Waals surface area (Å²) in [7, 11) is 0. The van der Waals surface area contributed by atoms with Gasteiger partial charge < -0.3 is 5.32 Å². The molecular formula is C10H21N. The highest BCUT2D eigenvalue weighted by atomic mass is 14.9. The van der Waals surface area contributed by atoms with Gasteiger partial charge in [-0.3, -0.25) is 0 Å². The Morgan fingerprint density at radius 2 is 2.09 bits per heavy atom. The van der Waals surface area contributed by atoms with Gasteiger partial charge in [-0.25, -0.2) is 0 Å². The first-order valence-electron chi connectivity index (χ1n) is 5.10. The molecule has 0 amide bonds. The van der Waals surface area contributed by atoms with Gasteiger partial charge in [0.25, 0.3) is 0 Å². The molecule has 0 aliphatic carbocycles. The minimum absolute atomic E-state index is 0.836. The first-order valence-corrected chi connectivity index (χ1v) is 5.10. The van der Waals surface area contributed by atoms with Crippen molar-refractivity contribution in [3.05, 3.63) is 0 Å². The van der Waals surface area contributed by atoms with Crippen LogP contribution in [0.3, 0.4) is 0 Å². The molecule has 0 spiro atoms. The van der Waals surface area contributed by atoms with Crippen molar-refractivity contribution in [3.8, 4) is 0 Å². The molecule has 2 atom stereocenters. The zero-order chi connectivity index (χ0) is 8.10. The lowest BCUT2D eigenvalue weighted by Gasteiger charge is -2.28. The van der Waals surface area contributed by atoms with Crippen molar-refractivity contribution < 1.29 is 0 Å². The SMILES string of the molecule is CCCC1CCC(CC)CN1. The molecule has 0 aromatic carbocycles. The maximum absolute atomic E-state index is 3.62. The highest BCUT2D eigenvalue weighted by Gasteiger charge is 2.17. The third kappa shape index (κ3) is 2.82. The highest BCUT2D eigenvalue weighted by molar-refractivity contribution is 4.76. The Kier molecular flexibility index (Phi) is 3.92. The molecule has 0 saturated carbocycles. The predicted molar refractivity (Wildman–Crippen MR) is 49.7 cm³/mol. The third-order valence-electron chi connectivity index (χ3n) is 2.83. The van der Waals surface area contributed by atoms with Crippen LogP contribution in [0.1, 0.15) is 46.0 Å². The summed E-state index contributed by atoms with van der Waals surface area (Å²) in [6, 6.07) is 0.836. The Labute approximate surface area is 70.6 Å². The summed E-state index contributed by atoms with van der Waals surface area (Å²) < 4.78 is 0. The van der Waals surface area contributed by atoms with Crippen LogP contribution in [0.15, 0.2) is 0 Å². The normalized spacial score (nSPS) is 32.2. The topological polar surface area (TPSA) is 12.0 Å². The van der Waals surface area contributed by atoms with Crippen molar-refractivity contribution in [2.75, 3.05) is 6.54 Å². The van der Waals surface area contributed by atoms with Gasteiger partial charge in [-0.05, 0) is 31.7 Å². The smallest absolute Gasteiger partial charge is 0.00671 e. The molecule has 1 nitrogen and oxygen atoms in total. The van der Waals surface area contributed by atoms with Gasteiger partial charge in [0.15, 0.2) is 0 Å². The van der Waals surface area contributed by atoms with E-state index in [1.807, 2.05) is 0 Å². The second kappa shape index (κ2) is 4.76. The van der Waals surface area contributed by atoms with Crippen LogP contribution in [0.5, 0.6) is 0 Å². The van der Waals surface area contributed by atoms with Crippen LogP contribution in [0, 0.1) is 5.92 Å². The molecule has 2 unspecified atom stereocenters. The molecule has 1 aliphatic rings. The molecule has 11 heavy (non-hydrogen) atoms.